The van der Waals surface area contributed by atoms with E-state index < -0.39 is 0 Å². The molecule has 1 aromatic heterocycles. The Morgan fingerprint density at radius 1 is 1.43 bits per heavy atom. The number of aromatic nitrogens is 1. The first-order valence-electron chi connectivity index (χ1n) is 7.25. The van der Waals surface area contributed by atoms with E-state index in [1.165, 1.54) is 0 Å². The van der Waals surface area contributed by atoms with Gasteiger partial charge in [-0.15, -0.1) is 0 Å². The van der Waals surface area contributed by atoms with E-state index in [1.807, 2.05) is 31.4 Å². The molecule has 5 nitrogen and oxygen atoms in total. The zero-order valence-corrected chi connectivity index (χ0v) is 12.5. The molecule has 1 unspecified atom stereocenters. The van der Waals surface area contributed by atoms with Crippen molar-refractivity contribution in [2.24, 2.45) is 0 Å². The van der Waals surface area contributed by atoms with Gasteiger partial charge in [0, 0.05) is 31.2 Å². The van der Waals surface area contributed by atoms with Crippen molar-refractivity contribution in [1.29, 1.82) is 0 Å². The Hall–Kier alpha value is -1.85. The molecular formula is C16H21N3O2. The number of likely N-dealkylation sites (N-methyl/N-ethyl adjacent to an activating group) is 1. The summed E-state index contributed by atoms with van der Waals surface area (Å²) in [7, 11) is 3.64. The maximum Gasteiger partial charge on any atom is 0.136 e. The van der Waals surface area contributed by atoms with Gasteiger partial charge in [0.2, 0.25) is 0 Å². The number of rotatable bonds is 4. The van der Waals surface area contributed by atoms with Crippen molar-refractivity contribution in [3.63, 3.8) is 0 Å². The highest BCUT2D eigenvalue weighted by atomic mass is 16.5. The molecule has 112 valence electrons. The molecule has 1 aromatic carbocycles. The summed E-state index contributed by atoms with van der Waals surface area (Å²) in [5, 5.41) is 5.48. The first-order valence-corrected chi connectivity index (χ1v) is 7.25. The number of anilines is 1. The summed E-state index contributed by atoms with van der Waals surface area (Å²) in [6, 6.07) is 8.14. The fourth-order valence-electron chi connectivity index (χ4n) is 2.78. The van der Waals surface area contributed by atoms with Crippen molar-refractivity contribution in [2.75, 3.05) is 45.3 Å². The number of methoxy groups -OCH3 is 1. The lowest BCUT2D eigenvalue weighted by Gasteiger charge is -2.34. The first-order chi connectivity index (χ1) is 10.3. The number of benzene rings is 1. The normalized spacial score (nSPS) is 19.0. The number of nitrogens with one attached hydrogen (secondary N) is 1. The van der Waals surface area contributed by atoms with E-state index in [0.29, 0.717) is 0 Å². The van der Waals surface area contributed by atoms with Gasteiger partial charge in [0.25, 0.3) is 0 Å². The SMILES string of the molecule is CNCC1CN(c2nccc3cc(OC)ccc23)CCO1. The van der Waals surface area contributed by atoms with Gasteiger partial charge >= 0.3 is 0 Å². The first kappa shape index (κ1) is 14.1. The Morgan fingerprint density at radius 2 is 2.33 bits per heavy atom. The molecule has 0 spiro atoms. The molecular weight excluding hydrogens is 266 g/mol. The van der Waals surface area contributed by atoms with Crippen LogP contribution in [0.15, 0.2) is 30.5 Å². The van der Waals surface area contributed by atoms with Crippen molar-refractivity contribution in [3.8, 4) is 5.75 Å². The predicted octanol–water partition coefficient (Wildman–Crippen LogP) is 1.67. The molecule has 3 rings (SSSR count). The predicted molar refractivity (Wildman–Crippen MR) is 84.2 cm³/mol. The van der Waals surface area contributed by atoms with E-state index in [-0.39, 0.29) is 6.10 Å². The molecule has 1 saturated heterocycles. The van der Waals surface area contributed by atoms with Gasteiger partial charge in [0.15, 0.2) is 0 Å². The third-order valence-electron chi connectivity index (χ3n) is 3.82. The van der Waals surface area contributed by atoms with Crippen LogP contribution in [0.3, 0.4) is 0 Å². The van der Waals surface area contributed by atoms with Crippen molar-refractivity contribution in [2.45, 2.75) is 6.10 Å². The fourth-order valence-corrected chi connectivity index (χ4v) is 2.78. The zero-order chi connectivity index (χ0) is 14.7. The highest BCUT2D eigenvalue weighted by Crippen LogP contribution is 2.28. The molecule has 1 fully saturated rings. The van der Waals surface area contributed by atoms with Crippen molar-refractivity contribution in [1.82, 2.24) is 10.3 Å². The zero-order valence-electron chi connectivity index (χ0n) is 12.5. The van der Waals surface area contributed by atoms with Crippen LogP contribution in [-0.4, -0.2) is 51.5 Å². The number of ether oxygens (including phenoxy) is 2. The lowest BCUT2D eigenvalue weighted by Crippen LogP contribution is -2.46. The van der Waals surface area contributed by atoms with Crippen molar-refractivity contribution < 1.29 is 9.47 Å². The van der Waals surface area contributed by atoms with E-state index in [0.717, 1.165) is 48.6 Å². The van der Waals surface area contributed by atoms with Crippen LogP contribution in [0.2, 0.25) is 0 Å². The molecule has 5 heteroatoms. The lowest BCUT2D eigenvalue weighted by atomic mass is 10.1. The Labute approximate surface area is 124 Å². The summed E-state index contributed by atoms with van der Waals surface area (Å²) in [5.41, 5.74) is 0. The Morgan fingerprint density at radius 3 is 3.14 bits per heavy atom. The number of fused-ring (bicyclic) bond motifs is 1. The lowest BCUT2D eigenvalue weighted by molar-refractivity contribution is 0.0420. The molecule has 1 atom stereocenters. The molecule has 0 saturated carbocycles. The summed E-state index contributed by atoms with van der Waals surface area (Å²) >= 11 is 0. The molecule has 2 heterocycles. The number of hydrogen-bond acceptors (Lipinski definition) is 5. The highest BCUT2D eigenvalue weighted by molar-refractivity contribution is 5.93. The molecule has 0 aliphatic carbocycles. The van der Waals surface area contributed by atoms with Crippen LogP contribution in [0.5, 0.6) is 5.75 Å². The van der Waals surface area contributed by atoms with Crippen LogP contribution in [0.25, 0.3) is 10.8 Å². The van der Waals surface area contributed by atoms with Gasteiger partial charge in [0.05, 0.1) is 19.8 Å². The summed E-state index contributed by atoms with van der Waals surface area (Å²) in [6.45, 7) is 3.33. The van der Waals surface area contributed by atoms with Gasteiger partial charge in [-0.3, -0.25) is 0 Å². The van der Waals surface area contributed by atoms with E-state index in [2.05, 4.69) is 21.3 Å². The van der Waals surface area contributed by atoms with Gasteiger partial charge < -0.3 is 19.7 Å². The van der Waals surface area contributed by atoms with Gasteiger partial charge in [-0.05, 0) is 36.7 Å². The Balaban J connectivity index is 1.92. The van der Waals surface area contributed by atoms with E-state index in [1.54, 1.807) is 7.11 Å². The smallest absolute Gasteiger partial charge is 0.136 e. The average molecular weight is 287 g/mol. The Bertz CT molecular complexity index is 615. The minimum absolute atomic E-state index is 0.207. The quantitative estimate of drug-likeness (QED) is 0.927. The minimum Gasteiger partial charge on any atom is -0.497 e. The topological polar surface area (TPSA) is 46.6 Å². The number of pyridine rings is 1. The maximum atomic E-state index is 5.77. The van der Waals surface area contributed by atoms with Gasteiger partial charge in [-0.25, -0.2) is 4.98 Å². The molecule has 2 aromatic rings. The highest BCUT2D eigenvalue weighted by Gasteiger charge is 2.22. The minimum atomic E-state index is 0.207. The summed E-state index contributed by atoms with van der Waals surface area (Å²) in [5.74, 6) is 1.90. The number of hydrogen-bond donors (Lipinski definition) is 1. The summed E-state index contributed by atoms with van der Waals surface area (Å²) in [6.07, 6.45) is 2.07. The average Bonchev–Trinajstić information content (AvgIpc) is 2.54. The monoisotopic (exact) mass is 287 g/mol. The van der Waals surface area contributed by atoms with E-state index in [9.17, 15) is 0 Å². The van der Waals surface area contributed by atoms with E-state index >= 15 is 0 Å². The van der Waals surface area contributed by atoms with Crippen LogP contribution >= 0.6 is 0 Å². The fraction of sp³-hybridized carbons (Fsp3) is 0.438. The number of morpholine rings is 1. The van der Waals surface area contributed by atoms with Crippen LogP contribution in [0.4, 0.5) is 5.82 Å². The van der Waals surface area contributed by atoms with Crippen molar-refractivity contribution in [3.05, 3.63) is 30.5 Å². The standard InChI is InChI=1S/C16H21N3O2/c1-17-10-14-11-19(7-8-21-14)16-15-4-3-13(20-2)9-12(15)5-6-18-16/h3-6,9,14,17H,7-8,10-11H2,1-2H3. The molecule has 1 N–H and O–H groups in total. The molecule has 0 amide bonds. The molecule has 1 aliphatic heterocycles. The Kier molecular flexibility index (Phi) is 4.22. The van der Waals surface area contributed by atoms with Crippen LogP contribution in [0, 0.1) is 0 Å². The van der Waals surface area contributed by atoms with Crippen LogP contribution < -0.4 is 15.0 Å². The van der Waals surface area contributed by atoms with Crippen LogP contribution in [-0.2, 0) is 4.74 Å². The third kappa shape index (κ3) is 2.94. The second-order valence-corrected chi connectivity index (χ2v) is 5.22. The number of nitrogens with zero attached hydrogens (tertiary/aromatic N) is 2. The molecule has 0 bridgehead atoms. The molecule has 1 aliphatic rings. The summed E-state index contributed by atoms with van der Waals surface area (Å²) < 4.78 is 11.1. The van der Waals surface area contributed by atoms with Crippen molar-refractivity contribution >= 4 is 16.6 Å². The maximum absolute atomic E-state index is 5.77. The third-order valence-corrected chi connectivity index (χ3v) is 3.82. The van der Waals surface area contributed by atoms with Gasteiger partial charge in [-0.2, -0.15) is 0 Å². The summed E-state index contributed by atoms with van der Waals surface area (Å²) in [4.78, 5) is 6.90. The largest absolute Gasteiger partial charge is 0.497 e. The second-order valence-electron chi connectivity index (χ2n) is 5.22. The van der Waals surface area contributed by atoms with Crippen LogP contribution in [0.1, 0.15) is 0 Å². The molecule has 21 heavy (non-hydrogen) atoms. The van der Waals surface area contributed by atoms with E-state index in [4.69, 9.17) is 9.47 Å². The second kappa shape index (κ2) is 6.28. The van der Waals surface area contributed by atoms with Gasteiger partial charge in [-0.1, -0.05) is 0 Å². The van der Waals surface area contributed by atoms with Gasteiger partial charge in [0.1, 0.15) is 11.6 Å². The molecule has 0 radical (unpaired) electrons.